The molecule has 3 aromatic rings. The van der Waals surface area contributed by atoms with Crippen LogP contribution in [0.3, 0.4) is 0 Å². The maximum absolute atomic E-state index is 12.9. The molecule has 2 aromatic carbocycles. The van der Waals surface area contributed by atoms with Gasteiger partial charge in [0.15, 0.2) is 11.0 Å². The highest BCUT2D eigenvalue weighted by Crippen LogP contribution is 2.28. The van der Waals surface area contributed by atoms with Gasteiger partial charge in [0, 0.05) is 55.5 Å². The van der Waals surface area contributed by atoms with Crippen LogP contribution in [0.15, 0.2) is 65.8 Å². The van der Waals surface area contributed by atoms with E-state index in [4.69, 9.17) is 0 Å². The summed E-state index contributed by atoms with van der Waals surface area (Å²) in [5.41, 5.74) is 2.06. The van der Waals surface area contributed by atoms with Gasteiger partial charge in [-0.15, -0.1) is 10.2 Å². The molecule has 7 nitrogen and oxygen atoms in total. The molecule has 220 valence electrons. The Hall–Kier alpha value is -3.13. The summed E-state index contributed by atoms with van der Waals surface area (Å²) in [4.78, 5) is 29.6. The number of rotatable bonds is 15. The molecule has 1 fully saturated rings. The Morgan fingerprint density at radius 1 is 0.805 bits per heavy atom. The summed E-state index contributed by atoms with van der Waals surface area (Å²) in [5.74, 6) is 2.14. The monoisotopic (exact) mass is 575 g/mol. The lowest BCUT2D eigenvalue weighted by Gasteiger charge is -2.40. The highest BCUT2D eigenvalue weighted by atomic mass is 32.2. The van der Waals surface area contributed by atoms with Crippen LogP contribution in [-0.4, -0.2) is 67.8 Å². The molecule has 0 aliphatic carbocycles. The zero-order valence-electron chi connectivity index (χ0n) is 24.7. The van der Waals surface area contributed by atoms with E-state index < -0.39 is 0 Å². The van der Waals surface area contributed by atoms with Gasteiger partial charge in [-0.05, 0) is 38.3 Å². The Morgan fingerprint density at radius 2 is 1.46 bits per heavy atom. The third kappa shape index (κ3) is 8.93. The molecule has 0 saturated carbocycles. The normalized spacial score (nSPS) is 15.3. The summed E-state index contributed by atoms with van der Waals surface area (Å²) in [6, 6.07) is 20.4. The fourth-order valence-corrected chi connectivity index (χ4v) is 6.35. The zero-order chi connectivity index (χ0) is 28.9. The fourth-order valence-electron chi connectivity index (χ4n) is 5.40. The van der Waals surface area contributed by atoms with Crippen molar-refractivity contribution in [1.29, 1.82) is 0 Å². The SMILES string of the molecule is CCCCCCCCC(=O)N1CCN(C(=O)CCCCSc2nnc(-c3ccccc3)n2-c2ccccc2)CC1C. The number of piperazine rings is 1. The summed E-state index contributed by atoms with van der Waals surface area (Å²) in [6.07, 6.45) is 10.1. The van der Waals surface area contributed by atoms with Crippen molar-refractivity contribution in [2.75, 3.05) is 25.4 Å². The molecule has 1 saturated heterocycles. The van der Waals surface area contributed by atoms with Gasteiger partial charge >= 0.3 is 0 Å². The molecule has 1 unspecified atom stereocenters. The van der Waals surface area contributed by atoms with Crippen molar-refractivity contribution in [2.24, 2.45) is 0 Å². The molecule has 1 aliphatic rings. The number of thioether (sulfide) groups is 1. The summed E-state index contributed by atoms with van der Waals surface area (Å²) >= 11 is 1.68. The second kappa shape index (κ2) is 16.3. The maximum Gasteiger partial charge on any atom is 0.222 e. The smallest absolute Gasteiger partial charge is 0.222 e. The molecule has 1 aromatic heterocycles. The lowest BCUT2D eigenvalue weighted by atomic mass is 10.1. The molecule has 4 rings (SSSR count). The van der Waals surface area contributed by atoms with Crippen molar-refractivity contribution in [1.82, 2.24) is 24.6 Å². The predicted octanol–water partition coefficient (Wildman–Crippen LogP) is 7.01. The highest BCUT2D eigenvalue weighted by Gasteiger charge is 2.29. The minimum Gasteiger partial charge on any atom is -0.339 e. The van der Waals surface area contributed by atoms with Crippen LogP contribution in [0.1, 0.15) is 78.1 Å². The van der Waals surface area contributed by atoms with E-state index in [0.29, 0.717) is 32.5 Å². The van der Waals surface area contributed by atoms with Crippen LogP contribution >= 0.6 is 11.8 Å². The predicted molar refractivity (Wildman–Crippen MR) is 167 cm³/mol. The van der Waals surface area contributed by atoms with Crippen LogP contribution in [0, 0.1) is 0 Å². The number of benzene rings is 2. The highest BCUT2D eigenvalue weighted by molar-refractivity contribution is 7.99. The van der Waals surface area contributed by atoms with E-state index in [-0.39, 0.29) is 17.9 Å². The average Bonchev–Trinajstić information content (AvgIpc) is 3.43. The third-order valence-electron chi connectivity index (χ3n) is 7.74. The van der Waals surface area contributed by atoms with Gasteiger partial charge in [-0.2, -0.15) is 0 Å². The molecule has 2 heterocycles. The Morgan fingerprint density at radius 3 is 2.20 bits per heavy atom. The first-order chi connectivity index (χ1) is 20.1. The molecule has 0 bridgehead atoms. The standard InChI is InChI=1S/C33H45N5O2S/c1-3-4-5-6-7-14-22-31(40)37-24-23-36(26-27(37)2)30(39)21-15-16-25-41-33-35-34-32(28-17-10-8-11-18-28)38(33)29-19-12-9-13-20-29/h8-13,17-20,27H,3-7,14-16,21-26H2,1-2H3. The van der Waals surface area contributed by atoms with Crippen LogP contribution in [-0.2, 0) is 9.59 Å². The first kappa shape index (κ1) is 30.8. The fraction of sp³-hybridized carbons (Fsp3) is 0.515. The molecule has 1 atom stereocenters. The van der Waals surface area contributed by atoms with Crippen LogP contribution in [0.5, 0.6) is 0 Å². The number of amides is 2. The van der Waals surface area contributed by atoms with Gasteiger partial charge in [0.1, 0.15) is 0 Å². The van der Waals surface area contributed by atoms with Gasteiger partial charge in [0.25, 0.3) is 0 Å². The van der Waals surface area contributed by atoms with Crippen molar-refractivity contribution >= 4 is 23.6 Å². The summed E-state index contributed by atoms with van der Waals surface area (Å²) in [5, 5.41) is 9.88. The number of aromatic nitrogens is 3. The molecule has 41 heavy (non-hydrogen) atoms. The van der Waals surface area contributed by atoms with Crippen LogP contribution < -0.4 is 0 Å². The Bertz CT molecular complexity index is 1220. The van der Waals surface area contributed by atoms with Crippen molar-refractivity contribution in [3.63, 3.8) is 0 Å². The topological polar surface area (TPSA) is 71.3 Å². The lowest BCUT2D eigenvalue weighted by molar-refractivity contribution is -0.142. The van der Waals surface area contributed by atoms with E-state index in [2.05, 4.69) is 52.9 Å². The van der Waals surface area contributed by atoms with Gasteiger partial charge in [-0.3, -0.25) is 14.2 Å². The molecule has 0 spiro atoms. The van der Waals surface area contributed by atoms with E-state index in [0.717, 1.165) is 53.7 Å². The molecule has 8 heteroatoms. The zero-order valence-corrected chi connectivity index (χ0v) is 25.5. The number of nitrogens with zero attached hydrogens (tertiary/aromatic N) is 5. The largest absolute Gasteiger partial charge is 0.339 e. The number of hydrogen-bond acceptors (Lipinski definition) is 5. The van der Waals surface area contributed by atoms with Crippen LogP contribution in [0.4, 0.5) is 0 Å². The number of unbranched alkanes of at least 4 members (excludes halogenated alkanes) is 6. The van der Waals surface area contributed by atoms with E-state index >= 15 is 0 Å². The maximum atomic E-state index is 12.9. The number of para-hydroxylation sites is 1. The molecule has 1 aliphatic heterocycles. The first-order valence-electron chi connectivity index (χ1n) is 15.3. The summed E-state index contributed by atoms with van der Waals surface area (Å²) < 4.78 is 2.11. The molecule has 0 radical (unpaired) electrons. The molecular formula is C33H45N5O2S. The van der Waals surface area contributed by atoms with Crippen molar-refractivity contribution in [2.45, 2.75) is 89.3 Å². The van der Waals surface area contributed by atoms with Gasteiger partial charge in [-0.25, -0.2) is 0 Å². The Labute approximate surface area is 249 Å². The molecule has 0 N–H and O–H groups in total. The Kier molecular flexibility index (Phi) is 12.3. The number of carbonyl (C=O) groups excluding carboxylic acids is 2. The number of hydrogen-bond donors (Lipinski definition) is 0. The molecule has 2 amide bonds. The van der Waals surface area contributed by atoms with Crippen molar-refractivity contribution < 1.29 is 9.59 Å². The van der Waals surface area contributed by atoms with Crippen LogP contribution in [0.2, 0.25) is 0 Å². The van der Waals surface area contributed by atoms with Gasteiger partial charge in [-0.1, -0.05) is 99.3 Å². The summed E-state index contributed by atoms with van der Waals surface area (Å²) in [6.45, 7) is 6.22. The minimum absolute atomic E-state index is 0.0824. The van der Waals surface area contributed by atoms with Gasteiger partial charge < -0.3 is 9.80 Å². The van der Waals surface area contributed by atoms with E-state index in [9.17, 15) is 9.59 Å². The van der Waals surface area contributed by atoms with Crippen molar-refractivity contribution in [3.05, 3.63) is 60.7 Å². The second-order valence-corrected chi connectivity index (χ2v) is 12.0. The second-order valence-electron chi connectivity index (χ2n) is 10.9. The minimum atomic E-state index is 0.0824. The Balaban J connectivity index is 1.20. The first-order valence-corrected chi connectivity index (χ1v) is 16.3. The van der Waals surface area contributed by atoms with E-state index in [1.165, 1.54) is 25.7 Å². The van der Waals surface area contributed by atoms with E-state index in [1.807, 2.05) is 46.2 Å². The average molecular weight is 576 g/mol. The lowest BCUT2D eigenvalue weighted by Crippen LogP contribution is -2.55. The quantitative estimate of drug-likeness (QED) is 0.144. The van der Waals surface area contributed by atoms with Gasteiger partial charge in [0.2, 0.25) is 11.8 Å². The number of carbonyl (C=O) groups is 2. The van der Waals surface area contributed by atoms with E-state index in [1.54, 1.807) is 11.8 Å². The third-order valence-corrected chi connectivity index (χ3v) is 8.76. The van der Waals surface area contributed by atoms with Crippen molar-refractivity contribution in [3.8, 4) is 17.1 Å². The van der Waals surface area contributed by atoms with Crippen LogP contribution in [0.25, 0.3) is 17.1 Å². The van der Waals surface area contributed by atoms with Gasteiger partial charge in [0.05, 0.1) is 0 Å². The summed E-state index contributed by atoms with van der Waals surface area (Å²) in [7, 11) is 0. The molecular weight excluding hydrogens is 530 g/mol.